The topological polar surface area (TPSA) is 47.6 Å². The Balaban J connectivity index is 1.91. The van der Waals surface area contributed by atoms with Gasteiger partial charge in [0.25, 0.3) is 5.91 Å². The minimum atomic E-state index is -0.171. The van der Waals surface area contributed by atoms with Crippen LogP contribution in [0.1, 0.15) is 10.4 Å². The molecule has 24 heavy (non-hydrogen) atoms. The molecular weight excluding hydrogens is 414 g/mol. The first kappa shape index (κ1) is 19.0. The lowest BCUT2D eigenvalue weighted by Gasteiger charge is -2.11. The van der Waals surface area contributed by atoms with Crippen LogP contribution in [0.3, 0.4) is 0 Å². The van der Waals surface area contributed by atoms with Gasteiger partial charge in [-0.2, -0.15) is 0 Å². The van der Waals surface area contributed by atoms with Gasteiger partial charge in [0.1, 0.15) is 16.0 Å². The molecular formula is C17H17BrClNO3S. The molecule has 0 atom stereocenters. The van der Waals surface area contributed by atoms with Crippen molar-refractivity contribution >= 4 is 45.2 Å². The van der Waals surface area contributed by atoms with Crippen molar-refractivity contribution in [1.29, 1.82) is 0 Å². The van der Waals surface area contributed by atoms with Gasteiger partial charge in [-0.3, -0.25) is 4.79 Å². The molecule has 0 aliphatic carbocycles. The van der Waals surface area contributed by atoms with Gasteiger partial charge in [-0.25, -0.2) is 0 Å². The first-order valence-corrected chi connectivity index (χ1v) is 9.29. The van der Waals surface area contributed by atoms with Crippen LogP contribution in [-0.4, -0.2) is 32.4 Å². The summed E-state index contributed by atoms with van der Waals surface area (Å²) in [7, 11) is 3.09. The van der Waals surface area contributed by atoms with Crippen LogP contribution in [0.4, 0.5) is 0 Å². The number of thioether (sulfide) groups is 1. The Labute approximate surface area is 159 Å². The van der Waals surface area contributed by atoms with Crippen molar-refractivity contribution in [1.82, 2.24) is 5.32 Å². The highest BCUT2D eigenvalue weighted by atomic mass is 79.9. The molecule has 1 N–H and O–H groups in total. The van der Waals surface area contributed by atoms with E-state index in [1.165, 1.54) is 0 Å². The maximum atomic E-state index is 12.3. The predicted molar refractivity (Wildman–Crippen MR) is 102 cm³/mol. The van der Waals surface area contributed by atoms with E-state index in [4.69, 9.17) is 21.1 Å². The van der Waals surface area contributed by atoms with E-state index >= 15 is 0 Å². The quantitative estimate of drug-likeness (QED) is 0.513. The van der Waals surface area contributed by atoms with E-state index < -0.39 is 0 Å². The third-order valence-electron chi connectivity index (χ3n) is 3.18. The Morgan fingerprint density at radius 1 is 1.17 bits per heavy atom. The van der Waals surface area contributed by atoms with Crippen molar-refractivity contribution in [3.63, 3.8) is 0 Å². The summed E-state index contributed by atoms with van der Waals surface area (Å²) in [5, 5.41) is 3.60. The molecule has 4 nitrogen and oxygen atoms in total. The van der Waals surface area contributed by atoms with Gasteiger partial charge in [0.2, 0.25) is 0 Å². The second-order valence-electron chi connectivity index (χ2n) is 4.75. The molecule has 0 unspecified atom stereocenters. The Hall–Kier alpha value is -1.37. The molecule has 2 aromatic carbocycles. The number of ether oxygens (including phenoxy) is 2. The van der Waals surface area contributed by atoms with Gasteiger partial charge in [0.15, 0.2) is 0 Å². The average molecular weight is 431 g/mol. The highest BCUT2D eigenvalue weighted by molar-refractivity contribution is 9.10. The summed E-state index contributed by atoms with van der Waals surface area (Å²) in [6, 6.07) is 11.0. The van der Waals surface area contributed by atoms with E-state index in [-0.39, 0.29) is 5.91 Å². The van der Waals surface area contributed by atoms with Crippen LogP contribution in [0, 0.1) is 0 Å². The summed E-state index contributed by atoms with van der Waals surface area (Å²) < 4.78 is 11.2. The molecule has 128 valence electrons. The number of halogens is 2. The number of amides is 1. The maximum absolute atomic E-state index is 12.3. The number of hydrogen-bond acceptors (Lipinski definition) is 4. The first-order chi connectivity index (χ1) is 11.5. The summed E-state index contributed by atoms with van der Waals surface area (Å²) >= 11 is 10.9. The van der Waals surface area contributed by atoms with E-state index in [2.05, 4.69) is 21.2 Å². The molecule has 2 rings (SSSR count). The van der Waals surface area contributed by atoms with Crippen molar-refractivity contribution in [2.24, 2.45) is 0 Å². The number of methoxy groups -OCH3 is 2. The van der Waals surface area contributed by atoms with Gasteiger partial charge in [-0.15, -0.1) is 11.8 Å². The lowest BCUT2D eigenvalue weighted by Crippen LogP contribution is -2.25. The standard InChI is InChI=1S/C17H17BrClNO3S/c1-22-14-9-11(10-15(23-2)16(14)18)17(21)20-7-8-24-13-5-3-12(19)4-6-13/h3-6,9-10H,7-8H2,1-2H3,(H,20,21). The van der Waals surface area contributed by atoms with Crippen LogP contribution in [0.25, 0.3) is 0 Å². The van der Waals surface area contributed by atoms with E-state index in [1.54, 1.807) is 38.1 Å². The molecule has 0 saturated heterocycles. The molecule has 0 fully saturated rings. The van der Waals surface area contributed by atoms with Gasteiger partial charge < -0.3 is 14.8 Å². The third-order valence-corrected chi connectivity index (χ3v) is 5.23. The zero-order valence-electron chi connectivity index (χ0n) is 13.3. The Kier molecular flexibility index (Phi) is 7.27. The molecule has 0 heterocycles. The number of hydrogen-bond donors (Lipinski definition) is 1. The van der Waals surface area contributed by atoms with Crippen LogP contribution in [0.5, 0.6) is 11.5 Å². The minimum Gasteiger partial charge on any atom is -0.495 e. The number of rotatable bonds is 7. The Morgan fingerprint density at radius 2 is 1.75 bits per heavy atom. The van der Waals surface area contributed by atoms with E-state index in [0.29, 0.717) is 33.1 Å². The van der Waals surface area contributed by atoms with Gasteiger partial charge in [-0.05, 0) is 52.3 Å². The van der Waals surface area contributed by atoms with E-state index in [9.17, 15) is 4.79 Å². The molecule has 0 radical (unpaired) electrons. The summed E-state index contributed by atoms with van der Waals surface area (Å²) in [5.41, 5.74) is 0.489. The Bertz CT molecular complexity index is 684. The average Bonchev–Trinajstić information content (AvgIpc) is 2.60. The summed E-state index contributed by atoms with van der Waals surface area (Å²) in [5.74, 6) is 1.69. The minimum absolute atomic E-state index is 0.171. The van der Waals surface area contributed by atoms with Crippen LogP contribution < -0.4 is 14.8 Å². The first-order valence-electron chi connectivity index (χ1n) is 7.13. The predicted octanol–water partition coefficient (Wildman–Crippen LogP) is 4.64. The fraction of sp³-hybridized carbons (Fsp3) is 0.235. The third kappa shape index (κ3) is 5.06. The highest BCUT2D eigenvalue weighted by Gasteiger charge is 2.14. The molecule has 0 aromatic heterocycles. The normalized spacial score (nSPS) is 10.3. The fourth-order valence-electron chi connectivity index (χ4n) is 1.97. The summed E-state index contributed by atoms with van der Waals surface area (Å²) in [6.45, 7) is 0.548. The Morgan fingerprint density at radius 3 is 2.29 bits per heavy atom. The molecule has 0 aliphatic heterocycles. The van der Waals surface area contributed by atoms with Crippen molar-refractivity contribution < 1.29 is 14.3 Å². The maximum Gasteiger partial charge on any atom is 0.251 e. The molecule has 2 aromatic rings. The van der Waals surface area contributed by atoms with Crippen LogP contribution in [0.2, 0.25) is 5.02 Å². The zero-order chi connectivity index (χ0) is 17.5. The highest BCUT2D eigenvalue weighted by Crippen LogP contribution is 2.35. The number of benzene rings is 2. The fourth-order valence-corrected chi connectivity index (χ4v) is 3.41. The second-order valence-corrected chi connectivity index (χ2v) is 7.15. The SMILES string of the molecule is COc1cc(C(=O)NCCSc2ccc(Cl)cc2)cc(OC)c1Br. The number of nitrogens with one attached hydrogen (secondary N) is 1. The second kappa shape index (κ2) is 9.20. The van der Waals surface area contributed by atoms with Crippen LogP contribution in [0.15, 0.2) is 45.8 Å². The zero-order valence-corrected chi connectivity index (χ0v) is 16.4. The van der Waals surface area contributed by atoms with Crippen molar-refractivity contribution in [2.45, 2.75) is 4.90 Å². The van der Waals surface area contributed by atoms with Gasteiger partial charge in [-0.1, -0.05) is 11.6 Å². The van der Waals surface area contributed by atoms with Gasteiger partial charge in [0, 0.05) is 27.8 Å². The smallest absolute Gasteiger partial charge is 0.251 e. The van der Waals surface area contributed by atoms with E-state index in [0.717, 1.165) is 10.6 Å². The summed E-state index contributed by atoms with van der Waals surface area (Å²) in [4.78, 5) is 13.4. The lowest BCUT2D eigenvalue weighted by molar-refractivity contribution is 0.0955. The van der Waals surface area contributed by atoms with Gasteiger partial charge in [0.05, 0.1) is 14.2 Å². The van der Waals surface area contributed by atoms with Crippen molar-refractivity contribution in [3.8, 4) is 11.5 Å². The van der Waals surface area contributed by atoms with Gasteiger partial charge >= 0.3 is 0 Å². The summed E-state index contributed by atoms with van der Waals surface area (Å²) in [6.07, 6.45) is 0. The van der Waals surface area contributed by atoms with Crippen LogP contribution >= 0.6 is 39.3 Å². The van der Waals surface area contributed by atoms with Crippen LogP contribution in [-0.2, 0) is 0 Å². The number of carbonyl (C=O) groups excluding carboxylic acids is 1. The van der Waals surface area contributed by atoms with Crippen molar-refractivity contribution in [3.05, 3.63) is 51.5 Å². The molecule has 7 heteroatoms. The molecule has 1 amide bonds. The lowest BCUT2D eigenvalue weighted by atomic mass is 10.2. The monoisotopic (exact) mass is 429 g/mol. The van der Waals surface area contributed by atoms with E-state index in [1.807, 2.05) is 24.3 Å². The van der Waals surface area contributed by atoms with Crippen molar-refractivity contribution in [2.75, 3.05) is 26.5 Å². The molecule has 0 saturated carbocycles. The molecule has 0 aliphatic rings. The number of carbonyl (C=O) groups is 1. The largest absolute Gasteiger partial charge is 0.495 e. The molecule has 0 spiro atoms. The molecule has 0 bridgehead atoms.